The number of nitriles is 1. The molecule has 3 heterocycles. The summed E-state index contributed by atoms with van der Waals surface area (Å²) in [6.45, 7) is 2.17. The van der Waals surface area contributed by atoms with E-state index in [9.17, 15) is 10.1 Å². The molecule has 3 aromatic rings. The summed E-state index contributed by atoms with van der Waals surface area (Å²) in [7, 11) is 1.73. The largest absolute Gasteiger partial charge is 0.454 e. The molecule has 2 aromatic heterocycles. The van der Waals surface area contributed by atoms with Crippen LogP contribution < -0.4 is 20.5 Å². The van der Waals surface area contributed by atoms with E-state index in [1.54, 1.807) is 22.4 Å². The summed E-state index contributed by atoms with van der Waals surface area (Å²) >= 11 is 0. The molecule has 9 nitrogen and oxygen atoms in total. The van der Waals surface area contributed by atoms with Crippen LogP contribution in [-0.2, 0) is 12.6 Å². The SMILES string of the molecule is Cc1cc2c(cc1Nc1ncc3c(n1)n(C14CC(C#N)(C1)C4)c(=O)n3C)OCO2. The van der Waals surface area contributed by atoms with Gasteiger partial charge in [-0.25, -0.2) is 9.78 Å². The third kappa shape index (κ3) is 2.00. The lowest BCUT2D eigenvalue weighted by atomic mass is 9.40. The molecule has 4 aliphatic rings. The molecule has 7 rings (SSSR count). The molecule has 9 heteroatoms. The Labute approximate surface area is 165 Å². The van der Waals surface area contributed by atoms with Crippen LogP contribution in [-0.4, -0.2) is 25.9 Å². The van der Waals surface area contributed by atoms with E-state index < -0.39 is 0 Å². The van der Waals surface area contributed by atoms with Crippen molar-refractivity contribution in [2.24, 2.45) is 12.5 Å². The summed E-state index contributed by atoms with van der Waals surface area (Å²) in [5, 5.41) is 12.6. The maximum Gasteiger partial charge on any atom is 0.330 e. The van der Waals surface area contributed by atoms with E-state index in [0.717, 1.165) is 17.0 Å². The van der Waals surface area contributed by atoms with Crippen molar-refractivity contribution in [1.82, 2.24) is 19.1 Å². The minimum absolute atomic E-state index is 0.114. The number of hydrogen-bond acceptors (Lipinski definition) is 7. The second-order valence-electron chi connectivity index (χ2n) is 8.37. The Bertz CT molecular complexity index is 1290. The van der Waals surface area contributed by atoms with Gasteiger partial charge < -0.3 is 14.8 Å². The van der Waals surface area contributed by atoms with Gasteiger partial charge in [-0.3, -0.25) is 9.13 Å². The minimum atomic E-state index is -0.285. The highest BCUT2D eigenvalue weighted by Crippen LogP contribution is 2.71. The standard InChI is InChI=1S/C20H18N6O3/c1-11-3-14-15(29-10-28-14)4-12(11)23-17-22-5-13-16(24-17)26(18(27)25(13)2)20-6-19(7-20,8-20)9-21/h3-5H,6-8,10H2,1-2H3,(H,22,23,24). The Morgan fingerprint density at radius 3 is 2.69 bits per heavy atom. The summed E-state index contributed by atoms with van der Waals surface area (Å²) in [6, 6.07) is 6.16. The van der Waals surface area contributed by atoms with Crippen molar-refractivity contribution in [2.45, 2.75) is 31.7 Å². The number of aromatic nitrogens is 4. The molecule has 0 saturated heterocycles. The van der Waals surface area contributed by atoms with Gasteiger partial charge in [0.05, 0.1) is 23.2 Å². The lowest BCUT2D eigenvalue weighted by Crippen LogP contribution is -2.68. The fraction of sp³-hybridized carbons (Fsp3) is 0.400. The maximum atomic E-state index is 12.9. The predicted octanol–water partition coefficient (Wildman–Crippen LogP) is 2.31. The van der Waals surface area contributed by atoms with Crippen molar-refractivity contribution in [3.8, 4) is 17.6 Å². The number of benzene rings is 1. The average Bonchev–Trinajstić information content (AvgIpc) is 3.18. The van der Waals surface area contributed by atoms with E-state index in [4.69, 9.17) is 9.47 Å². The molecule has 3 fully saturated rings. The van der Waals surface area contributed by atoms with Crippen molar-refractivity contribution >= 4 is 22.8 Å². The van der Waals surface area contributed by atoms with Crippen LogP contribution in [0.4, 0.5) is 11.6 Å². The second-order valence-corrected chi connectivity index (χ2v) is 8.37. The first kappa shape index (κ1) is 16.4. The zero-order valence-corrected chi connectivity index (χ0v) is 16.0. The smallest absolute Gasteiger partial charge is 0.330 e. The first-order valence-corrected chi connectivity index (χ1v) is 9.47. The molecule has 3 saturated carbocycles. The molecular weight excluding hydrogens is 372 g/mol. The molecule has 146 valence electrons. The van der Waals surface area contributed by atoms with Gasteiger partial charge in [-0.2, -0.15) is 10.2 Å². The normalized spacial score (nSPS) is 26.0. The monoisotopic (exact) mass is 390 g/mol. The van der Waals surface area contributed by atoms with E-state index in [1.165, 1.54) is 0 Å². The third-order valence-electron chi connectivity index (χ3n) is 6.48. The van der Waals surface area contributed by atoms with Gasteiger partial charge in [0, 0.05) is 18.8 Å². The Balaban J connectivity index is 1.42. The van der Waals surface area contributed by atoms with Gasteiger partial charge in [0.15, 0.2) is 17.1 Å². The molecule has 2 bridgehead atoms. The molecule has 0 atom stereocenters. The number of aryl methyl sites for hydroxylation is 2. The van der Waals surface area contributed by atoms with Crippen LogP contribution in [0, 0.1) is 23.7 Å². The van der Waals surface area contributed by atoms with Gasteiger partial charge in [-0.1, -0.05) is 0 Å². The number of ether oxygens (including phenoxy) is 2. The number of anilines is 2. The fourth-order valence-electron chi connectivity index (χ4n) is 4.99. The molecule has 0 spiro atoms. The van der Waals surface area contributed by atoms with Crippen molar-refractivity contribution in [3.05, 3.63) is 34.4 Å². The quantitative estimate of drug-likeness (QED) is 0.731. The van der Waals surface area contributed by atoms with E-state index in [-0.39, 0.29) is 23.4 Å². The molecule has 0 amide bonds. The Morgan fingerprint density at radius 2 is 1.97 bits per heavy atom. The van der Waals surface area contributed by atoms with Crippen LogP contribution in [0.3, 0.4) is 0 Å². The maximum absolute atomic E-state index is 12.9. The molecule has 1 aromatic carbocycles. The molecule has 0 unspecified atom stereocenters. The third-order valence-corrected chi connectivity index (χ3v) is 6.48. The van der Waals surface area contributed by atoms with Crippen LogP contribution >= 0.6 is 0 Å². The van der Waals surface area contributed by atoms with Crippen molar-refractivity contribution in [3.63, 3.8) is 0 Å². The molecular formula is C20H18N6O3. The number of fused-ring (bicyclic) bond motifs is 2. The fourth-order valence-corrected chi connectivity index (χ4v) is 4.99. The van der Waals surface area contributed by atoms with Crippen molar-refractivity contribution in [1.29, 1.82) is 5.26 Å². The van der Waals surface area contributed by atoms with Gasteiger partial charge in [0.2, 0.25) is 12.7 Å². The summed E-state index contributed by atoms with van der Waals surface area (Å²) < 4.78 is 14.2. The van der Waals surface area contributed by atoms with Crippen molar-refractivity contribution < 1.29 is 9.47 Å². The topological polar surface area (TPSA) is 107 Å². The average molecular weight is 390 g/mol. The number of hydrogen-bond donors (Lipinski definition) is 1. The molecule has 1 aliphatic heterocycles. The first-order chi connectivity index (χ1) is 13.9. The number of nitrogens with zero attached hydrogens (tertiary/aromatic N) is 5. The number of nitrogens with one attached hydrogen (secondary N) is 1. The lowest BCUT2D eigenvalue weighted by Gasteiger charge is -2.66. The van der Waals surface area contributed by atoms with Gasteiger partial charge >= 0.3 is 5.69 Å². The Hall–Kier alpha value is -3.54. The van der Waals surface area contributed by atoms with E-state index >= 15 is 0 Å². The first-order valence-electron chi connectivity index (χ1n) is 9.47. The molecule has 0 radical (unpaired) electrons. The van der Waals surface area contributed by atoms with Crippen LogP contribution in [0.5, 0.6) is 11.5 Å². The highest BCUT2D eigenvalue weighted by molar-refractivity contribution is 5.74. The summed E-state index contributed by atoms with van der Waals surface area (Å²) in [6.07, 6.45) is 3.80. The minimum Gasteiger partial charge on any atom is -0.454 e. The molecule has 3 aliphatic carbocycles. The second kappa shape index (κ2) is 5.08. The van der Waals surface area contributed by atoms with Gasteiger partial charge in [0.25, 0.3) is 0 Å². The highest BCUT2D eigenvalue weighted by Gasteiger charge is 2.70. The molecule has 29 heavy (non-hydrogen) atoms. The van der Waals surface area contributed by atoms with Crippen LogP contribution in [0.2, 0.25) is 0 Å². The number of imidazole rings is 1. The van der Waals surface area contributed by atoms with Gasteiger partial charge in [0.1, 0.15) is 5.52 Å². The summed E-state index contributed by atoms with van der Waals surface area (Å²) in [5.74, 6) is 1.79. The van der Waals surface area contributed by atoms with E-state index in [0.29, 0.717) is 42.1 Å². The van der Waals surface area contributed by atoms with E-state index in [2.05, 4.69) is 21.4 Å². The van der Waals surface area contributed by atoms with Gasteiger partial charge in [-0.05, 0) is 37.8 Å². The zero-order valence-electron chi connectivity index (χ0n) is 16.0. The molecule has 1 N–H and O–H groups in total. The summed E-state index contributed by atoms with van der Waals surface area (Å²) in [4.78, 5) is 22.0. The lowest BCUT2D eigenvalue weighted by molar-refractivity contribution is -0.145. The van der Waals surface area contributed by atoms with Crippen LogP contribution in [0.15, 0.2) is 23.1 Å². The Kier molecular flexibility index (Phi) is 2.88. The van der Waals surface area contributed by atoms with E-state index in [1.807, 2.05) is 19.1 Å². The number of rotatable bonds is 3. The highest BCUT2D eigenvalue weighted by atomic mass is 16.7. The van der Waals surface area contributed by atoms with Gasteiger partial charge in [-0.15, -0.1) is 0 Å². The predicted molar refractivity (Wildman–Crippen MR) is 103 cm³/mol. The van der Waals surface area contributed by atoms with Crippen LogP contribution in [0.1, 0.15) is 24.8 Å². The Morgan fingerprint density at radius 1 is 1.24 bits per heavy atom. The van der Waals surface area contributed by atoms with Crippen LogP contribution in [0.25, 0.3) is 11.2 Å². The van der Waals surface area contributed by atoms with Crippen molar-refractivity contribution in [2.75, 3.05) is 12.1 Å². The summed E-state index contributed by atoms with van der Waals surface area (Å²) in [5.41, 5.74) is 2.41. The zero-order chi connectivity index (χ0) is 20.0.